The van der Waals surface area contributed by atoms with E-state index in [2.05, 4.69) is 10.3 Å². The molecule has 116 valence electrons. The molecule has 3 aromatic rings. The van der Waals surface area contributed by atoms with Crippen molar-refractivity contribution in [3.8, 4) is 10.6 Å². The van der Waals surface area contributed by atoms with Gasteiger partial charge in [-0.15, -0.1) is 11.3 Å². The second-order valence-corrected chi connectivity index (χ2v) is 5.89. The van der Waals surface area contributed by atoms with Crippen LogP contribution in [0.25, 0.3) is 10.6 Å². The van der Waals surface area contributed by atoms with Crippen molar-refractivity contribution in [1.82, 2.24) is 4.98 Å². The smallest absolute Gasteiger partial charge is 0.275 e. The summed E-state index contributed by atoms with van der Waals surface area (Å²) in [6.45, 7) is 0.118. The quantitative estimate of drug-likeness (QED) is 0.754. The number of aliphatic hydroxyl groups is 1. The first kappa shape index (κ1) is 15.4. The number of thiazole rings is 1. The number of rotatable bonds is 5. The molecule has 0 fully saturated rings. The number of aliphatic hydroxyl groups excluding tert-OH is 1. The zero-order valence-electron chi connectivity index (χ0n) is 12.4. The molecule has 0 atom stereocenters. The molecule has 0 bridgehead atoms. The molecule has 3 rings (SSSR count). The van der Waals surface area contributed by atoms with E-state index >= 15 is 0 Å². The number of nitrogens with zero attached hydrogens (tertiary/aromatic N) is 1. The van der Waals surface area contributed by atoms with E-state index in [4.69, 9.17) is 5.11 Å². The van der Waals surface area contributed by atoms with Gasteiger partial charge in [-0.1, -0.05) is 42.5 Å². The lowest BCUT2D eigenvalue weighted by molar-refractivity contribution is 0.102. The zero-order chi connectivity index (χ0) is 16.1. The van der Waals surface area contributed by atoms with Crippen molar-refractivity contribution < 1.29 is 9.90 Å². The minimum absolute atomic E-state index is 0.118. The first-order chi connectivity index (χ1) is 11.3. The van der Waals surface area contributed by atoms with E-state index in [1.807, 2.05) is 54.6 Å². The molecule has 2 aromatic carbocycles. The molecule has 0 unspecified atom stereocenters. The average molecular weight is 324 g/mol. The maximum absolute atomic E-state index is 12.3. The number of hydrogen-bond donors (Lipinski definition) is 2. The summed E-state index contributed by atoms with van der Waals surface area (Å²) < 4.78 is 0. The van der Waals surface area contributed by atoms with E-state index in [1.54, 1.807) is 5.38 Å². The highest BCUT2D eigenvalue weighted by molar-refractivity contribution is 7.13. The SMILES string of the molecule is O=C(Nc1ccc(CCO)cc1)c1csc(-c2ccccc2)n1. The van der Waals surface area contributed by atoms with Crippen molar-refractivity contribution in [1.29, 1.82) is 0 Å². The zero-order valence-corrected chi connectivity index (χ0v) is 13.2. The third-order valence-corrected chi connectivity index (χ3v) is 4.26. The third-order valence-electron chi connectivity index (χ3n) is 3.37. The Morgan fingerprint density at radius 3 is 2.52 bits per heavy atom. The topological polar surface area (TPSA) is 62.2 Å². The van der Waals surface area contributed by atoms with Crippen LogP contribution in [-0.2, 0) is 6.42 Å². The van der Waals surface area contributed by atoms with Crippen LogP contribution in [-0.4, -0.2) is 22.6 Å². The molecule has 0 saturated heterocycles. The van der Waals surface area contributed by atoms with E-state index in [9.17, 15) is 4.79 Å². The van der Waals surface area contributed by atoms with Gasteiger partial charge in [-0.3, -0.25) is 4.79 Å². The van der Waals surface area contributed by atoms with Crippen molar-refractivity contribution in [2.24, 2.45) is 0 Å². The fourth-order valence-corrected chi connectivity index (χ4v) is 2.98. The fraction of sp³-hybridized carbons (Fsp3) is 0.111. The van der Waals surface area contributed by atoms with Crippen LogP contribution in [0, 0.1) is 0 Å². The molecule has 1 aromatic heterocycles. The normalized spacial score (nSPS) is 10.5. The Hall–Kier alpha value is -2.50. The number of carbonyl (C=O) groups is 1. The summed E-state index contributed by atoms with van der Waals surface area (Å²) in [5, 5.41) is 14.3. The highest BCUT2D eigenvalue weighted by atomic mass is 32.1. The highest BCUT2D eigenvalue weighted by Gasteiger charge is 2.12. The number of benzene rings is 2. The molecule has 23 heavy (non-hydrogen) atoms. The van der Waals surface area contributed by atoms with Crippen LogP contribution in [0.1, 0.15) is 16.1 Å². The Kier molecular flexibility index (Phi) is 4.80. The summed E-state index contributed by atoms with van der Waals surface area (Å²) in [5.41, 5.74) is 3.16. The molecule has 0 spiro atoms. The van der Waals surface area contributed by atoms with Crippen molar-refractivity contribution in [2.45, 2.75) is 6.42 Å². The summed E-state index contributed by atoms with van der Waals surface area (Å²) in [5.74, 6) is -0.224. The van der Waals surface area contributed by atoms with Crippen LogP contribution >= 0.6 is 11.3 Å². The Bertz CT molecular complexity index is 782. The van der Waals surface area contributed by atoms with E-state index < -0.39 is 0 Å². The Morgan fingerprint density at radius 1 is 1.09 bits per heavy atom. The lowest BCUT2D eigenvalue weighted by Gasteiger charge is -2.04. The molecule has 0 radical (unpaired) electrons. The summed E-state index contributed by atoms with van der Waals surface area (Å²) in [6.07, 6.45) is 0.612. The first-order valence-electron chi connectivity index (χ1n) is 7.28. The predicted octanol–water partition coefficient (Wildman–Crippen LogP) is 3.60. The van der Waals surface area contributed by atoms with Crippen LogP contribution in [0.3, 0.4) is 0 Å². The van der Waals surface area contributed by atoms with Gasteiger partial charge in [0.15, 0.2) is 0 Å². The standard InChI is InChI=1S/C18H16N2O2S/c21-11-10-13-6-8-15(9-7-13)19-17(22)16-12-23-18(20-16)14-4-2-1-3-5-14/h1-9,12,21H,10-11H2,(H,19,22). The van der Waals surface area contributed by atoms with Gasteiger partial charge in [0, 0.05) is 23.2 Å². The van der Waals surface area contributed by atoms with Gasteiger partial charge in [-0.2, -0.15) is 0 Å². The minimum Gasteiger partial charge on any atom is -0.396 e. The maximum atomic E-state index is 12.3. The van der Waals surface area contributed by atoms with Crippen LogP contribution in [0.5, 0.6) is 0 Å². The van der Waals surface area contributed by atoms with Gasteiger partial charge in [-0.05, 0) is 24.1 Å². The fourth-order valence-electron chi connectivity index (χ4n) is 2.17. The van der Waals surface area contributed by atoms with Crippen molar-refractivity contribution in [2.75, 3.05) is 11.9 Å². The number of anilines is 1. The summed E-state index contributed by atoms with van der Waals surface area (Å²) in [4.78, 5) is 16.7. The largest absolute Gasteiger partial charge is 0.396 e. The van der Waals surface area contributed by atoms with Crippen LogP contribution < -0.4 is 5.32 Å². The average Bonchev–Trinajstić information content (AvgIpc) is 3.08. The molecule has 1 heterocycles. The van der Waals surface area contributed by atoms with Crippen molar-refractivity contribution >= 4 is 22.9 Å². The second-order valence-electron chi connectivity index (χ2n) is 5.03. The maximum Gasteiger partial charge on any atom is 0.275 e. The van der Waals surface area contributed by atoms with Crippen LogP contribution in [0.4, 0.5) is 5.69 Å². The van der Waals surface area contributed by atoms with Gasteiger partial charge in [0.1, 0.15) is 10.7 Å². The molecule has 4 nitrogen and oxygen atoms in total. The van der Waals surface area contributed by atoms with Gasteiger partial charge < -0.3 is 10.4 Å². The molecule has 0 aliphatic carbocycles. The second kappa shape index (κ2) is 7.17. The van der Waals surface area contributed by atoms with Crippen LogP contribution in [0.2, 0.25) is 0 Å². The lowest BCUT2D eigenvalue weighted by Crippen LogP contribution is -2.12. The summed E-state index contributed by atoms with van der Waals surface area (Å²) >= 11 is 1.45. The highest BCUT2D eigenvalue weighted by Crippen LogP contribution is 2.23. The van der Waals surface area contributed by atoms with Gasteiger partial charge in [0.25, 0.3) is 5.91 Å². The van der Waals surface area contributed by atoms with Gasteiger partial charge >= 0.3 is 0 Å². The molecule has 0 aliphatic rings. The summed E-state index contributed by atoms with van der Waals surface area (Å²) in [7, 11) is 0. The Balaban J connectivity index is 1.70. The molecular formula is C18H16N2O2S. The van der Waals surface area contributed by atoms with E-state index in [0.29, 0.717) is 17.8 Å². The van der Waals surface area contributed by atoms with E-state index in [1.165, 1.54) is 11.3 Å². The lowest BCUT2D eigenvalue weighted by atomic mass is 10.1. The van der Waals surface area contributed by atoms with Crippen molar-refractivity contribution in [3.63, 3.8) is 0 Å². The number of hydrogen-bond acceptors (Lipinski definition) is 4. The number of nitrogens with one attached hydrogen (secondary N) is 1. The molecule has 0 saturated carbocycles. The molecule has 5 heteroatoms. The number of amides is 1. The summed E-state index contributed by atoms with van der Waals surface area (Å²) in [6, 6.07) is 17.2. The van der Waals surface area contributed by atoms with Gasteiger partial charge in [-0.25, -0.2) is 4.98 Å². The molecule has 0 aliphatic heterocycles. The van der Waals surface area contributed by atoms with Crippen LogP contribution in [0.15, 0.2) is 60.0 Å². The third kappa shape index (κ3) is 3.83. The van der Waals surface area contributed by atoms with Crippen molar-refractivity contribution in [3.05, 3.63) is 71.2 Å². The Morgan fingerprint density at radius 2 is 1.83 bits per heavy atom. The monoisotopic (exact) mass is 324 g/mol. The van der Waals surface area contributed by atoms with Gasteiger partial charge in [0.05, 0.1) is 0 Å². The van der Waals surface area contributed by atoms with E-state index in [0.717, 1.165) is 16.1 Å². The molecule has 2 N–H and O–H groups in total. The number of aromatic nitrogens is 1. The molecular weight excluding hydrogens is 308 g/mol. The minimum atomic E-state index is -0.224. The van der Waals surface area contributed by atoms with Gasteiger partial charge in [0.2, 0.25) is 0 Å². The Labute approximate surface area is 138 Å². The number of carbonyl (C=O) groups excluding carboxylic acids is 1. The molecule has 1 amide bonds. The first-order valence-corrected chi connectivity index (χ1v) is 8.16. The van der Waals surface area contributed by atoms with E-state index in [-0.39, 0.29) is 12.5 Å². The predicted molar refractivity (Wildman–Crippen MR) is 92.7 cm³/mol.